The fourth-order valence-corrected chi connectivity index (χ4v) is 4.95. The predicted octanol–water partition coefficient (Wildman–Crippen LogP) is 3.11. The van der Waals surface area contributed by atoms with Gasteiger partial charge in [-0.25, -0.2) is 4.39 Å². The van der Waals surface area contributed by atoms with E-state index in [0.717, 1.165) is 51.0 Å². The van der Waals surface area contributed by atoms with E-state index in [1.807, 2.05) is 24.0 Å². The molecule has 4 rings (SSSR count). The molecule has 2 aromatic rings. The lowest BCUT2D eigenvalue weighted by Crippen LogP contribution is -2.45. The Bertz CT molecular complexity index is 810. The highest BCUT2D eigenvalue weighted by Gasteiger charge is 2.43. The lowest BCUT2D eigenvalue weighted by Gasteiger charge is -2.40. The van der Waals surface area contributed by atoms with Crippen LogP contribution < -0.4 is 0 Å². The van der Waals surface area contributed by atoms with Crippen LogP contribution in [-0.2, 0) is 6.54 Å². The molecule has 1 unspecified atom stereocenters. The van der Waals surface area contributed by atoms with E-state index in [0.29, 0.717) is 17.1 Å². The number of rotatable bonds is 3. The number of carbonyl (C=O) groups excluding carboxylic acids is 1. The van der Waals surface area contributed by atoms with Gasteiger partial charge in [0.05, 0.1) is 5.69 Å². The zero-order valence-electron chi connectivity index (χ0n) is 14.9. The minimum absolute atomic E-state index is 0.0561. The molecule has 2 saturated heterocycles. The number of hydrogen-bond acceptors (Lipinski definition) is 5. The van der Waals surface area contributed by atoms with Crippen molar-refractivity contribution in [3.8, 4) is 0 Å². The minimum Gasteiger partial charge on any atom is -0.337 e. The number of amides is 1. The number of carbonyl (C=O) groups is 1. The first-order chi connectivity index (χ1) is 12.6. The number of nitrogens with zero attached hydrogens (tertiary/aromatic N) is 4. The van der Waals surface area contributed by atoms with Crippen LogP contribution in [0.25, 0.3) is 0 Å². The van der Waals surface area contributed by atoms with Crippen LogP contribution in [-0.4, -0.2) is 51.5 Å². The largest absolute Gasteiger partial charge is 0.337 e. The molecule has 2 aliphatic heterocycles. The normalized spacial score (nSPS) is 23.7. The van der Waals surface area contributed by atoms with Crippen molar-refractivity contribution in [3.63, 3.8) is 0 Å². The van der Waals surface area contributed by atoms with Crippen LogP contribution in [0.1, 0.15) is 40.2 Å². The maximum atomic E-state index is 14.0. The van der Waals surface area contributed by atoms with Gasteiger partial charge in [-0.15, -0.1) is 5.10 Å². The summed E-state index contributed by atoms with van der Waals surface area (Å²) in [6.07, 6.45) is 3.24. The summed E-state index contributed by atoms with van der Waals surface area (Å²) in [5.74, 6) is -0.0795. The van der Waals surface area contributed by atoms with Gasteiger partial charge in [0.2, 0.25) is 0 Å². The zero-order chi connectivity index (χ0) is 18.1. The summed E-state index contributed by atoms with van der Waals surface area (Å²) in [7, 11) is 0. The van der Waals surface area contributed by atoms with E-state index in [4.69, 9.17) is 0 Å². The fraction of sp³-hybridized carbons (Fsp3) is 0.526. The van der Waals surface area contributed by atoms with Gasteiger partial charge in [-0.1, -0.05) is 22.7 Å². The lowest BCUT2D eigenvalue weighted by atomic mass is 9.79. The van der Waals surface area contributed by atoms with Gasteiger partial charge in [-0.2, -0.15) is 0 Å². The Morgan fingerprint density at radius 1 is 1.27 bits per heavy atom. The molecule has 1 spiro atoms. The van der Waals surface area contributed by atoms with E-state index < -0.39 is 0 Å². The highest BCUT2D eigenvalue weighted by molar-refractivity contribution is 7.07. The molecular weight excluding hydrogens is 351 g/mol. The van der Waals surface area contributed by atoms with E-state index in [1.54, 1.807) is 6.07 Å². The molecule has 7 heteroatoms. The number of aryl methyl sites for hydroxylation is 1. The van der Waals surface area contributed by atoms with Crippen molar-refractivity contribution in [2.45, 2.75) is 32.7 Å². The zero-order valence-corrected chi connectivity index (χ0v) is 15.8. The van der Waals surface area contributed by atoms with Crippen LogP contribution in [0.4, 0.5) is 4.39 Å². The van der Waals surface area contributed by atoms with Crippen molar-refractivity contribution in [2.75, 3.05) is 26.2 Å². The van der Waals surface area contributed by atoms with Gasteiger partial charge < -0.3 is 4.90 Å². The quantitative estimate of drug-likeness (QED) is 0.828. The van der Waals surface area contributed by atoms with Gasteiger partial charge in [0.15, 0.2) is 0 Å². The fourth-order valence-electron chi connectivity index (χ4n) is 4.33. The Kier molecular flexibility index (Phi) is 4.75. The summed E-state index contributed by atoms with van der Waals surface area (Å²) in [4.78, 5) is 17.7. The number of benzene rings is 1. The molecule has 0 aliphatic carbocycles. The average Bonchev–Trinajstić information content (AvgIpc) is 3.23. The Hall–Kier alpha value is -1.86. The molecule has 3 heterocycles. The molecule has 0 saturated carbocycles. The molecule has 1 aromatic carbocycles. The van der Waals surface area contributed by atoms with Crippen LogP contribution >= 0.6 is 11.5 Å². The SMILES string of the molecule is Cc1nnsc1C(=O)N1CCC2(CCCN(Cc3ccccc3F)C2)C1. The maximum absolute atomic E-state index is 14.0. The maximum Gasteiger partial charge on any atom is 0.267 e. The lowest BCUT2D eigenvalue weighted by molar-refractivity contribution is 0.0676. The average molecular weight is 374 g/mol. The number of aromatic nitrogens is 2. The van der Waals surface area contributed by atoms with Gasteiger partial charge in [-0.05, 0) is 50.3 Å². The van der Waals surface area contributed by atoms with Crippen molar-refractivity contribution in [1.29, 1.82) is 0 Å². The van der Waals surface area contributed by atoms with Crippen LogP contribution in [0.15, 0.2) is 24.3 Å². The summed E-state index contributed by atoms with van der Waals surface area (Å²) >= 11 is 1.18. The molecule has 2 fully saturated rings. The highest BCUT2D eigenvalue weighted by atomic mass is 32.1. The Balaban J connectivity index is 1.43. The first-order valence-electron chi connectivity index (χ1n) is 9.10. The predicted molar refractivity (Wildman–Crippen MR) is 98.5 cm³/mol. The topological polar surface area (TPSA) is 49.3 Å². The third kappa shape index (κ3) is 3.38. The summed E-state index contributed by atoms with van der Waals surface area (Å²) in [5, 5.41) is 3.96. The van der Waals surface area contributed by atoms with Crippen molar-refractivity contribution >= 4 is 17.4 Å². The number of likely N-dealkylation sites (tertiary alicyclic amines) is 2. The number of piperidine rings is 1. The molecule has 26 heavy (non-hydrogen) atoms. The smallest absolute Gasteiger partial charge is 0.267 e. The van der Waals surface area contributed by atoms with Crippen LogP contribution in [0.3, 0.4) is 0 Å². The van der Waals surface area contributed by atoms with Crippen LogP contribution in [0.2, 0.25) is 0 Å². The Morgan fingerprint density at radius 3 is 2.88 bits per heavy atom. The molecule has 2 aliphatic rings. The molecule has 1 atom stereocenters. The number of hydrogen-bond donors (Lipinski definition) is 0. The van der Waals surface area contributed by atoms with E-state index >= 15 is 0 Å². The Morgan fingerprint density at radius 2 is 2.12 bits per heavy atom. The monoisotopic (exact) mass is 374 g/mol. The second-order valence-electron chi connectivity index (χ2n) is 7.57. The summed E-state index contributed by atoms with van der Waals surface area (Å²) in [6.45, 7) is 5.94. The van der Waals surface area contributed by atoms with E-state index in [-0.39, 0.29) is 17.1 Å². The van der Waals surface area contributed by atoms with Crippen molar-refractivity contribution in [1.82, 2.24) is 19.4 Å². The second kappa shape index (κ2) is 7.04. The van der Waals surface area contributed by atoms with E-state index in [1.165, 1.54) is 17.6 Å². The van der Waals surface area contributed by atoms with Crippen LogP contribution in [0.5, 0.6) is 0 Å². The summed E-state index contributed by atoms with van der Waals surface area (Å²) < 4.78 is 17.9. The molecule has 5 nitrogen and oxygen atoms in total. The molecule has 138 valence electrons. The third-order valence-electron chi connectivity index (χ3n) is 5.66. The van der Waals surface area contributed by atoms with Gasteiger partial charge in [0, 0.05) is 37.2 Å². The van der Waals surface area contributed by atoms with Crippen molar-refractivity contribution in [3.05, 3.63) is 46.2 Å². The molecule has 0 bridgehead atoms. The number of halogens is 1. The molecule has 1 amide bonds. The van der Waals surface area contributed by atoms with Gasteiger partial charge >= 0.3 is 0 Å². The van der Waals surface area contributed by atoms with E-state index in [9.17, 15) is 9.18 Å². The third-order valence-corrected chi connectivity index (χ3v) is 6.48. The van der Waals surface area contributed by atoms with Crippen molar-refractivity contribution in [2.24, 2.45) is 5.41 Å². The molecular formula is C19H23FN4OS. The van der Waals surface area contributed by atoms with Gasteiger partial charge in [-0.3, -0.25) is 9.69 Å². The van der Waals surface area contributed by atoms with E-state index in [2.05, 4.69) is 14.5 Å². The first-order valence-corrected chi connectivity index (χ1v) is 9.88. The summed E-state index contributed by atoms with van der Waals surface area (Å²) in [6, 6.07) is 7.00. The van der Waals surface area contributed by atoms with Gasteiger partial charge in [0.25, 0.3) is 5.91 Å². The Labute approximate surface area is 157 Å². The highest BCUT2D eigenvalue weighted by Crippen LogP contribution is 2.40. The summed E-state index contributed by atoms with van der Waals surface area (Å²) in [5.41, 5.74) is 1.60. The first kappa shape index (κ1) is 17.5. The van der Waals surface area contributed by atoms with Crippen molar-refractivity contribution < 1.29 is 9.18 Å². The second-order valence-corrected chi connectivity index (χ2v) is 8.32. The minimum atomic E-state index is -0.136. The van der Waals surface area contributed by atoms with Crippen LogP contribution in [0, 0.1) is 18.2 Å². The van der Waals surface area contributed by atoms with Gasteiger partial charge in [0.1, 0.15) is 10.7 Å². The molecule has 0 N–H and O–H groups in total. The molecule has 0 radical (unpaired) electrons. The molecule has 1 aromatic heterocycles. The standard InChI is InChI=1S/C19H23FN4OS/c1-14-17(26-22-21-14)18(25)24-10-8-19(13-24)7-4-9-23(12-19)11-15-5-2-3-6-16(15)20/h2-3,5-6H,4,7-13H2,1H3.